The second-order valence-corrected chi connectivity index (χ2v) is 13.9. The molecule has 4 aromatic rings. The van der Waals surface area contributed by atoms with Gasteiger partial charge in [-0.3, -0.25) is 14.4 Å². The normalized spacial score (nSPS) is 11.6. The van der Waals surface area contributed by atoms with E-state index in [1.807, 2.05) is 66.7 Å². The molecule has 0 saturated heterocycles. The Labute approximate surface area is 296 Å². The van der Waals surface area contributed by atoms with Crippen molar-refractivity contribution in [3.8, 4) is 17.2 Å². The molecule has 0 saturated carbocycles. The van der Waals surface area contributed by atoms with E-state index in [1.165, 1.54) is 7.11 Å². The van der Waals surface area contributed by atoms with Crippen LogP contribution in [0, 0.1) is 0 Å². The molecule has 10 heteroatoms. The van der Waals surface area contributed by atoms with E-state index in [-0.39, 0.29) is 30.4 Å². The number of unbranched alkanes of at least 4 members (excludes halogenated alkanes) is 3. The molecule has 9 nitrogen and oxygen atoms in total. The highest BCUT2D eigenvalue weighted by Gasteiger charge is 2.17. The van der Waals surface area contributed by atoms with E-state index in [0.29, 0.717) is 36.8 Å². The number of anilines is 1. The fraction of sp³-hybridized carbons (Fsp3) is 0.325. The number of methoxy groups -OCH3 is 1. The lowest BCUT2D eigenvalue weighted by molar-refractivity contribution is 0.0923. The van der Waals surface area contributed by atoms with Crippen LogP contribution in [0.2, 0.25) is 0 Å². The minimum atomic E-state index is -3.61. The van der Waals surface area contributed by atoms with Crippen molar-refractivity contribution in [1.82, 2.24) is 4.90 Å². The van der Waals surface area contributed by atoms with Crippen molar-refractivity contribution in [2.24, 2.45) is 0 Å². The van der Waals surface area contributed by atoms with Crippen molar-refractivity contribution in [2.45, 2.75) is 45.3 Å². The maximum absolute atomic E-state index is 13.6. The predicted octanol–water partition coefficient (Wildman–Crippen LogP) is 7.72. The molecule has 0 aromatic heterocycles. The minimum absolute atomic E-state index is 0.0981. The molecular weight excluding hydrogens is 653 g/mol. The largest absolute Gasteiger partial charge is 0.504 e. The van der Waals surface area contributed by atoms with Gasteiger partial charge in [-0.2, -0.15) is 0 Å². The Kier molecular flexibility index (Phi) is 15.4. The van der Waals surface area contributed by atoms with Gasteiger partial charge in [0, 0.05) is 18.7 Å². The maximum atomic E-state index is 13.6. The van der Waals surface area contributed by atoms with Gasteiger partial charge in [-0.05, 0) is 72.8 Å². The Balaban J connectivity index is 1.25. The van der Waals surface area contributed by atoms with Gasteiger partial charge in [0.1, 0.15) is 12.4 Å². The number of aromatic hydroxyl groups is 1. The molecule has 4 rings (SSSR count). The van der Waals surface area contributed by atoms with Crippen LogP contribution in [0.5, 0.6) is 17.2 Å². The molecule has 0 radical (unpaired) electrons. The molecule has 0 heterocycles. The number of carbonyl (C=O) groups is 1. The summed E-state index contributed by atoms with van der Waals surface area (Å²) in [7, 11) is -2.07. The maximum Gasteiger partial charge on any atom is 0.229 e. The summed E-state index contributed by atoms with van der Waals surface area (Å²) < 4.78 is 43.7. The number of Topliss-reactive ketones (excluding diaryl/α,β-unsaturated/α-hetero) is 1. The number of phenols is 1. The first-order valence-corrected chi connectivity index (χ1v) is 18.8. The van der Waals surface area contributed by atoms with Crippen LogP contribution in [-0.4, -0.2) is 63.9 Å². The van der Waals surface area contributed by atoms with E-state index in [4.69, 9.17) is 14.2 Å². The third-order valence-corrected chi connectivity index (χ3v) is 8.50. The van der Waals surface area contributed by atoms with E-state index in [2.05, 4.69) is 21.8 Å². The quantitative estimate of drug-likeness (QED) is 0.0633. The number of hydrogen-bond acceptors (Lipinski definition) is 8. The van der Waals surface area contributed by atoms with Gasteiger partial charge in [0.25, 0.3) is 0 Å². The number of benzene rings is 4. The van der Waals surface area contributed by atoms with Crippen molar-refractivity contribution in [3.05, 3.63) is 125 Å². The number of sulfonamides is 1. The van der Waals surface area contributed by atoms with E-state index in [9.17, 15) is 18.3 Å². The third-order valence-electron chi connectivity index (χ3n) is 7.91. The van der Waals surface area contributed by atoms with Gasteiger partial charge in [0.2, 0.25) is 10.0 Å². The molecule has 0 fully saturated rings. The van der Waals surface area contributed by atoms with Crippen molar-refractivity contribution >= 4 is 27.6 Å². The topological polar surface area (TPSA) is 114 Å². The molecule has 266 valence electrons. The number of rotatable bonds is 22. The molecule has 0 bridgehead atoms. The summed E-state index contributed by atoms with van der Waals surface area (Å²) in [6, 6.07) is 29.8. The van der Waals surface area contributed by atoms with Gasteiger partial charge in [0.15, 0.2) is 17.3 Å². The molecule has 0 amide bonds. The fourth-order valence-electron chi connectivity index (χ4n) is 5.36. The summed E-state index contributed by atoms with van der Waals surface area (Å²) in [4.78, 5) is 15.7. The fourth-order valence-corrected chi connectivity index (χ4v) is 5.92. The third kappa shape index (κ3) is 13.7. The first-order chi connectivity index (χ1) is 24.2. The van der Waals surface area contributed by atoms with Crippen LogP contribution in [0.3, 0.4) is 0 Å². The molecule has 0 aliphatic rings. The van der Waals surface area contributed by atoms with Gasteiger partial charge in [-0.25, -0.2) is 8.42 Å². The molecular formula is C40H48N2O7S. The Hall–Kier alpha value is -4.64. The van der Waals surface area contributed by atoms with Gasteiger partial charge in [0.05, 0.1) is 32.2 Å². The van der Waals surface area contributed by atoms with Gasteiger partial charge in [-0.1, -0.05) is 91.7 Å². The number of hydrogen-bond donors (Lipinski definition) is 2. The monoisotopic (exact) mass is 700 g/mol. The molecule has 2 N–H and O–H groups in total. The van der Waals surface area contributed by atoms with E-state index < -0.39 is 10.0 Å². The van der Waals surface area contributed by atoms with Gasteiger partial charge in [-0.15, -0.1) is 0 Å². The lowest BCUT2D eigenvalue weighted by Crippen LogP contribution is -2.30. The van der Waals surface area contributed by atoms with Crippen LogP contribution in [0.25, 0.3) is 6.08 Å². The average Bonchev–Trinajstić information content (AvgIpc) is 3.10. The summed E-state index contributed by atoms with van der Waals surface area (Å²) in [5.74, 6) is 0.829. The van der Waals surface area contributed by atoms with Crippen LogP contribution < -0.4 is 14.2 Å². The van der Waals surface area contributed by atoms with E-state index in [1.54, 1.807) is 30.3 Å². The average molecular weight is 701 g/mol. The molecule has 0 spiro atoms. The lowest BCUT2D eigenvalue weighted by Gasteiger charge is -2.22. The highest BCUT2D eigenvalue weighted by Crippen LogP contribution is 2.29. The number of phenolic OH excluding ortho intramolecular Hbond substituents is 1. The SMILES string of the molecule is COc1cc(C=CCCOCCCCCCN(CC(=O)c2ccc(OCc3ccccc3)c(NS(C)(=O)=O)c2)Cc2ccccc2)ccc1O. The molecule has 4 aromatic carbocycles. The zero-order chi connectivity index (χ0) is 35.6. The van der Waals surface area contributed by atoms with Crippen LogP contribution in [0.4, 0.5) is 5.69 Å². The number of nitrogens with one attached hydrogen (secondary N) is 1. The Morgan fingerprint density at radius 2 is 1.56 bits per heavy atom. The highest BCUT2D eigenvalue weighted by molar-refractivity contribution is 7.92. The van der Waals surface area contributed by atoms with Gasteiger partial charge < -0.3 is 19.3 Å². The number of ether oxygens (including phenoxy) is 3. The zero-order valence-electron chi connectivity index (χ0n) is 28.9. The van der Waals surface area contributed by atoms with Crippen molar-refractivity contribution in [3.63, 3.8) is 0 Å². The van der Waals surface area contributed by atoms with Crippen molar-refractivity contribution < 1.29 is 32.5 Å². The summed E-state index contributed by atoms with van der Waals surface area (Å²) in [5, 5.41) is 9.72. The van der Waals surface area contributed by atoms with Crippen molar-refractivity contribution in [2.75, 3.05) is 44.4 Å². The smallest absolute Gasteiger partial charge is 0.229 e. The van der Waals surface area contributed by atoms with Crippen molar-refractivity contribution in [1.29, 1.82) is 0 Å². The zero-order valence-corrected chi connectivity index (χ0v) is 29.7. The number of ketones is 1. The minimum Gasteiger partial charge on any atom is -0.504 e. The Morgan fingerprint density at radius 3 is 2.28 bits per heavy atom. The Morgan fingerprint density at radius 1 is 0.840 bits per heavy atom. The summed E-state index contributed by atoms with van der Waals surface area (Å²) in [6.45, 7) is 3.18. The van der Waals surface area contributed by atoms with E-state index in [0.717, 1.165) is 61.6 Å². The highest BCUT2D eigenvalue weighted by atomic mass is 32.2. The molecule has 50 heavy (non-hydrogen) atoms. The van der Waals surface area contributed by atoms with Crippen LogP contribution in [0.15, 0.2) is 103 Å². The standard InChI is InChI=1S/C40H48N2O7S/c1-47-40-27-32(20-22-37(40)43)15-11-14-26-48-25-13-4-3-12-24-42(29-33-16-7-5-8-17-33)30-38(44)35-21-23-39(36(28-35)41-50(2,45)46)49-31-34-18-9-6-10-19-34/h5-11,15-23,27-28,41,43H,3-4,12-14,24-26,29-31H2,1-2H3. The number of nitrogens with zero attached hydrogens (tertiary/aromatic N) is 1. The first-order valence-electron chi connectivity index (χ1n) is 16.9. The van der Waals surface area contributed by atoms with E-state index >= 15 is 0 Å². The summed E-state index contributed by atoms with van der Waals surface area (Å²) in [5.41, 5.74) is 3.67. The Bertz CT molecular complexity index is 1760. The summed E-state index contributed by atoms with van der Waals surface area (Å²) in [6.07, 6.45) is 9.85. The van der Waals surface area contributed by atoms with Crippen LogP contribution in [0.1, 0.15) is 59.2 Å². The molecule has 0 aliphatic carbocycles. The molecule has 0 aliphatic heterocycles. The first kappa shape index (κ1) is 38.2. The second kappa shape index (κ2) is 20.1. The number of carbonyl (C=O) groups excluding carboxylic acids is 1. The second-order valence-electron chi connectivity index (χ2n) is 12.1. The molecule has 0 unspecified atom stereocenters. The summed E-state index contributed by atoms with van der Waals surface area (Å²) >= 11 is 0. The van der Waals surface area contributed by atoms with Crippen LogP contribution >= 0.6 is 0 Å². The lowest BCUT2D eigenvalue weighted by atomic mass is 10.1. The predicted molar refractivity (Wildman–Crippen MR) is 199 cm³/mol. The molecule has 0 atom stereocenters. The van der Waals surface area contributed by atoms with Crippen LogP contribution in [-0.2, 0) is 27.9 Å². The van der Waals surface area contributed by atoms with Gasteiger partial charge >= 0.3 is 0 Å².